The summed E-state index contributed by atoms with van der Waals surface area (Å²) in [6, 6.07) is 0.940. The Morgan fingerprint density at radius 2 is 1.81 bits per heavy atom. The van der Waals surface area contributed by atoms with Crippen LogP contribution in [0.4, 0.5) is 24.9 Å². The van der Waals surface area contributed by atoms with Gasteiger partial charge in [-0.05, 0) is 0 Å². The summed E-state index contributed by atoms with van der Waals surface area (Å²) in [5, 5.41) is 2.86. The lowest BCUT2D eigenvalue weighted by atomic mass is 10.3. The Kier molecular flexibility index (Phi) is 5.72. The summed E-state index contributed by atoms with van der Waals surface area (Å²) < 4.78 is 38.6. The highest BCUT2D eigenvalue weighted by Crippen LogP contribution is 2.30. The van der Waals surface area contributed by atoms with E-state index in [9.17, 15) is 13.2 Å². The van der Waals surface area contributed by atoms with Crippen LogP contribution >= 0.6 is 11.8 Å². The lowest BCUT2D eigenvalue weighted by Crippen LogP contribution is -2.19. The zero-order chi connectivity index (χ0) is 16.3. The minimum absolute atomic E-state index is 0.00281. The van der Waals surface area contributed by atoms with Gasteiger partial charge in [0.2, 0.25) is 5.95 Å². The summed E-state index contributed by atoms with van der Waals surface area (Å²) in [5.41, 5.74) is -0.938. The molecule has 1 aromatic rings. The summed E-state index contributed by atoms with van der Waals surface area (Å²) in [6.07, 6.45) is -4.48. The van der Waals surface area contributed by atoms with Crippen molar-refractivity contribution in [2.45, 2.75) is 31.7 Å². The van der Waals surface area contributed by atoms with Crippen molar-refractivity contribution in [2.75, 3.05) is 36.6 Å². The van der Waals surface area contributed by atoms with Gasteiger partial charge in [-0.1, -0.05) is 20.8 Å². The number of nitrogens with zero attached hydrogens (tertiary/aromatic N) is 3. The van der Waals surface area contributed by atoms with E-state index in [4.69, 9.17) is 0 Å². The first kappa shape index (κ1) is 17.9. The van der Waals surface area contributed by atoms with Gasteiger partial charge in [-0.25, -0.2) is 4.98 Å². The number of hydrogen-bond donors (Lipinski definition) is 1. The van der Waals surface area contributed by atoms with Gasteiger partial charge in [-0.2, -0.15) is 29.9 Å². The predicted molar refractivity (Wildman–Crippen MR) is 82.1 cm³/mol. The van der Waals surface area contributed by atoms with Gasteiger partial charge in [0.05, 0.1) is 0 Å². The van der Waals surface area contributed by atoms with Crippen molar-refractivity contribution in [3.63, 3.8) is 0 Å². The Bertz CT molecular complexity index is 469. The molecule has 0 aliphatic rings. The van der Waals surface area contributed by atoms with Gasteiger partial charge < -0.3 is 10.2 Å². The first-order chi connectivity index (χ1) is 9.49. The second-order valence-corrected chi connectivity index (χ2v) is 7.64. The molecule has 0 radical (unpaired) electrons. The molecule has 0 aromatic carbocycles. The molecule has 0 saturated carbocycles. The Morgan fingerprint density at radius 3 is 2.29 bits per heavy atom. The molecule has 0 saturated heterocycles. The molecule has 0 spiro atoms. The Balaban J connectivity index is 2.79. The van der Waals surface area contributed by atoms with Gasteiger partial charge in [0.1, 0.15) is 5.82 Å². The fourth-order valence-electron chi connectivity index (χ4n) is 1.41. The van der Waals surface area contributed by atoms with Crippen molar-refractivity contribution in [1.29, 1.82) is 0 Å². The maximum atomic E-state index is 12.8. The van der Waals surface area contributed by atoms with Crippen LogP contribution in [0, 0.1) is 0 Å². The minimum atomic E-state index is -4.48. The molecule has 0 atom stereocenters. The number of thioether (sulfide) groups is 1. The van der Waals surface area contributed by atoms with Gasteiger partial charge in [0.15, 0.2) is 5.69 Å². The number of hydrogen-bond acceptors (Lipinski definition) is 5. The minimum Gasteiger partial charge on any atom is -0.363 e. The zero-order valence-corrected chi connectivity index (χ0v) is 13.7. The quantitative estimate of drug-likeness (QED) is 0.840. The monoisotopic (exact) mass is 322 g/mol. The van der Waals surface area contributed by atoms with Crippen molar-refractivity contribution in [2.24, 2.45) is 0 Å². The highest BCUT2D eigenvalue weighted by atomic mass is 32.2. The summed E-state index contributed by atoms with van der Waals surface area (Å²) in [6.45, 7) is 6.77. The number of alkyl halides is 3. The highest BCUT2D eigenvalue weighted by molar-refractivity contribution is 8.00. The number of rotatable bonds is 5. The highest BCUT2D eigenvalue weighted by Gasteiger charge is 2.33. The summed E-state index contributed by atoms with van der Waals surface area (Å²) in [7, 11) is 3.28. The molecule has 1 rings (SSSR count). The zero-order valence-electron chi connectivity index (χ0n) is 12.9. The van der Waals surface area contributed by atoms with Gasteiger partial charge in [-0.15, -0.1) is 0 Å². The molecule has 120 valence electrons. The SMILES string of the molecule is CN(C)c1cc(C(F)(F)F)nc(NCCSC(C)(C)C)n1. The van der Waals surface area contributed by atoms with E-state index in [0.29, 0.717) is 6.54 Å². The molecule has 0 aliphatic carbocycles. The van der Waals surface area contributed by atoms with E-state index < -0.39 is 11.9 Å². The largest absolute Gasteiger partial charge is 0.433 e. The first-order valence-electron chi connectivity index (χ1n) is 6.50. The van der Waals surface area contributed by atoms with Crippen molar-refractivity contribution in [3.05, 3.63) is 11.8 Å². The Morgan fingerprint density at radius 1 is 1.19 bits per heavy atom. The molecule has 4 nitrogen and oxygen atoms in total. The maximum absolute atomic E-state index is 12.8. The van der Waals surface area contributed by atoms with E-state index in [1.165, 1.54) is 4.90 Å². The molecular weight excluding hydrogens is 301 g/mol. The standard InChI is InChI=1S/C13H21F3N4S/c1-12(2,3)21-7-6-17-11-18-9(13(14,15)16)8-10(19-11)20(4)5/h8H,6-7H2,1-5H3,(H,17,18,19). The number of nitrogens with one attached hydrogen (secondary N) is 1. The van der Waals surface area contributed by atoms with Crippen LogP contribution in [0.2, 0.25) is 0 Å². The van der Waals surface area contributed by atoms with E-state index in [0.717, 1.165) is 11.8 Å². The van der Waals surface area contributed by atoms with Gasteiger partial charge in [0, 0.05) is 37.2 Å². The number of halogens is 3. The fraction of sp³-hybridized carbons (Fsp3) is 0.692. The van der Waals surface area contributed by atoms with Crippen molar-refractivity contribution in [3.8, 4) is 0 Å². The molecule has 0 fully saturated rings. The molecule has 8 heteroatoms. The van der Waals surface area contributed by atoms with Crippen LogP contribution in [0.1, 0.15) is 26.5 Å². The van der Waals surface area contributed by atoms with E-state index in [1.807, 2.05) is 0 Å². The molecule has 0 unspecified atom stereocenters. The molecular formula is C13H21F3N4S. The van der Waals surface area contributed by atoms with E-state index in [2.05, 4.69) is 36.1 Å². The van der Waals surface area contributed by atoms with Gasteiger partial charge >= 0.3 is 6.18 Å². The van der Waals surface area contributed by atoms with Crippen LogP contribution in [-0.2, 0) is 6.18 Å². The summed E-state index contributed by atoms with van der Waals surface area (Å²) >= 11 is 1.72. The van der Waals surface area contributed by atoms with Crippen LogP contribution in [-0.4, -0.2) is 41.1 Å². The van der Waals surface area contributed by atoms with Crippen LogP contribution in [0.5, 0.6) is 0 Å². The molecule has 0 amide bonds. The average Bonchev–Trinajstić information content (AvgIpc) is 2.32. The third-order valence-electron chi connectivity index (χ3n) is 2.38. The summed E-state index contributed by atoms with van der Waals surface area (Å²) in [4.78, 5) is 9.13. The van der Waals surface area contributed by atoms with Gasteiger partial charge in [-0.3, -0.25) is 0 Å². The van der Waals surface area contributed by atoms with Crippen molar-refractivity contribution in [1.82, 2.24) is 9.97 Å². The first-order valence-corrected chi connectivity index (χ1v) is 7.49. The number of aromatic nitrogens is 2. The molecule has 21 heavy (non-hydrogen) atoms. The van der Waals surface area contributed by atoms with Crippen LogP contribution in [0.25, 0.3) is 0 Å². The maximum Gasteiger partial charge on any atom is 0.433 e. The second kappa shape index (κ2) is 6.72. The van der Waals surface area contributed by atoms with E-state index in [1.54, 1.807) is 25.9 Å². The van der Waals surface area contributed by atoms with Crippen LogP contribution in [0.15, 0.2) is 6.07 Å². The fourth-order valence-corrected chi connectivity index (χ4v) is 2.22. The molecule has 1 aromatic heterocycles. The van der Waals surface area contributed by atoms with Crippen LogP contribution in [0.3, 0.4) is 0 Å². The third-order valence-corrected chi connectivity index (χ3v) is 3.66. The normalized spacial score (nSPS) is 12.4. The topological polar surface area (TPSA) is 41.1 Å². The van der Waals surface area contributed by atoms with Crippen molar-refractivity contribution >= 4 is 23.5 Å². The lowest BCUT2D eigenvalue weighted by molar-refractivity contribution is -0.141. The summed E-state index contributed by atoms with van der Waals surface area (Å²) in [5.74, 6) is 0.992. The molecule has 1 heterocycles. The van der Waals surface area contributed by atoms with Crippen LogP contribution < -0.4 is 10.2 Å². The third kappa shape index (κ3) is 6.41. The molecule has 0 bridgehead atoms. The van der Waals surface area contributed by atoms with E-state index in [-0.39, 0.29) is 16.5 Å². The smallest absolute Gasteiger partial charge is 0.363 e. The average molecular weight is 322 g/mol. The van der Waals surface area contributed by atoms with Gasteiger partial charge in [0.25, 0.3) is 0 Å². The number of anilines is 2. The van der Waals surface area contributed by atoms with Crippen molar-refractivity contribution < 1.29 is 13.2 Å². The second-order valence-electron chi connectivity index (χ2n) is 5.71. The van der Waals surface area contributed by atoms with E-state index >= 15 is 0 Å². The molecule has 0 aliphatic heterocycles. The lowest BCUT2D eigenvalue weighted by Gasteiger charge is -2.18. The Labute approximate surface area is 127 Å². The predicted octanol–water partition coefficient (Wildman–Crippen LogP) is 3.51. The Hall–Kier alpha value is -1.18. The molecule has 1 N–H and O–H groups in total.